The van der Waals surface area contributed by atoms with E-state index in [1.165, 1.54) is 29.1 Å². The zero-order chi connectivity index (χ0) is 29.4. The average Bonchev–Trinajstić information content (AvgIpc) is 3.47. The summed E-state index contributed by atoms with van der Waals surface area (Å²) in [5, 5.41) is 11.7. The molecule has 12 nitrogen and oxygen atoms in total. The fraction of sp³-hybridized carbons (Fsp3) is 0.552. The van der Waals surface area contributed by atoms with E-state index >= 15 is 0 Å². The van der Waals surface area contributed by atoms with Crippen molar-refractivity contribution in [1.29, 1.82) is 0 Å². The van der Waals surface area contributed by atoms with Crippen molar-refractivity contribution in [3.63, 3.8) is 0 Å². The first-order valence-corrected chi connectivity index (χ1v) is 14.0. The molecule has 1 spiro atoms. The quantitative estimate of drug-likeness (QED) is 0.400. The molecule has 0 aliphatic carbocycles. The zero-order valence-electron chi connectivity index (χ0n) is 24.5. The molecule has 5 heterocycles. The summed E-state index contributed by atoms with van der Waals surface area (Å²) in [6.07, 6.45) is 3.05. The number of carbonyl (C=O) groups is 1. The van der Waals surface area contributed by atoms with Crippen LogP contribution in [0.1, 0.15) is 49.2 Å². The number of likely N-dealkylation sites (tertiary alicyclic amines) is 1. The Bertz CT molecular complexity index is 1820. The maximum atomic E-state index is 13.4. The van der Waals surface area contributed by atoms with Crippen LogP contribution in [0, 0.1) is 20.8 Å². The number of hydrogen-bond acceptors (Lipinski definition) is 7. The van der Waals surface area contributed by atoms with Crippen LogP contribution in [0.15, 0.2) is 28.0 Å². The van der Waals surface area contributed by atoms with Gasteiger partial charge in [-0.1, -0.05) is 0 Å². The van der Waals surface area contributed by atoms with Crippen LogP contribution in [0.4, 0.5) is 0 Å². The fourth-order valence-electron chi connectivity index (χ4n) is 6.66. The average molecular weight is 564 g/mol. The minimum atomic E-state index is -1.21. The maximum absolute atomic E-state index is 13.4. The topological polar surface area (TPSA) is 129 Å². The SMILES string of the molecule is Cc1cc2nc(C)n(CC(=O)N3CCC4(CC3)C[C@@](C)(O)[C@H](n3cnc5c3c(=O)n(C)c(=O)n5C)CO4)c2cc1C. The Morgan fingerprint density at radius 1 is 1.10 bits per heavy atom. The van der Waals surface area contributed by atoms with Crippen molar-refractivity contribution in [1.82, 2.24) is 33.1 Å². The summed E-state index contributed by atoms with van der Waals surface area (Å²) in [7, 11) is 3.00. The van der Waals surface area contributed by atoms with Crippen LogP contribution in [-0.4, -0.2) is 75.0 Å². The van der Waals surface area contributed by atoms with Gasteiger partial charge < -0.3 is 23.9 Å². The van der Waals surface area contributed by atoms with Gasteiger partial charge in [0.1, 0.15) is 12.4 Å². The van der Waals surface area contributed by atoms with Gasteiger partial charge in [0.2, 0.25) is 5.91 Å². The molecule has 1 N–H and O–H groups in total. The molecule has 2 atom stereocenters. The molecule has 0 unspecified atom stereocenters. The van der Waals surface area contributed by atoms with Gasteiger partial charge in [0.15, 0.2) is 11.2 Å². The van der Waals surface area contributed by atoms with Gasteiger partial charge in [0.25, 0.3) is 5.56 Å². The molecule has 1 aromatic carbocycles. The third-order valence-electron chi connectivity index (χ3n) is 9.33. The van der Waals surface area contributed by atoms with E-state index in [-0.39, 0.29) is 30.2 Å². The normalized spacial score (nSPS) is 22.7. The summed E-state index contributed by atoms with van der Waals surface area (Å²) in [5.41, 5.74) is 2.03. The molecule has 0 saturated carbocycles. The molecule has 0 radical (unpaired) electrons. The Labute approximate surface area is 236 Å². The van der Waals surface area contributed by atoms with Crippen molar-refractivity contribution in [2.24, 2.45) is 14.1 Å². The molecule has 6 rings (SSSR count). The van der Waals surface area contributed by atoms with Crippen LogP contribution in [0.5, 0.6) is 0 Å². The van der Waals surface area contributed by atoms with E-state index in [2.05, 4.69) is 35.9 Å². The third-order valence-corrected chi connectivity index (χ3v) is 9.33. The number of carbonyl (C=O) groups excluding carboxylic acids is 1. The second kappa shape index (κ2) is 9.38. The summed E-state index contributed by atoms with van der Waals surface area (Å²) in [5.74, 6) is 0.846. The number of fused-ring (bicyclic) bond motifs is 2. The number of benzene rings is 1. The summed E-state index contributed by atoms with van der Waals surface area (Å²) in [6, 6.07) is 3.60. The van der Waals surface area contributed by atoms with Crippen molar-refractivity contribution < 1.29 is 14.6 Å². The minimum absolute atomic E-state index is 0.0345. The van der Waals surface area contributed by atoms with E-state index < -0.39 is 28.5 Å². The molecular weight excluding hydrogens is 526 g/mol. The molecule has 41 heavy (non-hydrogen) atoms. The highest BCUT2D eigenvalue weighted by atomic mass is 16.5. The van der Waals surface area contributed by atoms with Gasteiger partial charge in [-0.2, -0.15) is 0 Å². The fourth-order valence-corrected chi connectivity index (χ4v) is 6.66. The number of amides is 1. The van der Waals surface area contributed by atoms with E-state index in [1.54, 1.807) is 18.5 Å². The number of rotatable bonds is 3. The first-order chi connectivity index (χ1) is 19.3. The van der Waals surface area contributed by atoms with E-state index in [1.807, 2.05) is 16.4 Å². The molecule has 2 aliphatic heterocycles. The van der Waals surface area contributed by atoms with E-state index in [0.29, 0.717) is 32.4 Å². The van der Waals surface area contributed by atoms with E-state index in [4.69, 9.17) is 4.74 Å². The van der Waals surface area contributed by atoms with Gasteiger partial charge in [-0.05, 0) is 63.8 Å². The molecule has 2 fully saturated rings. The van der Waals surface area contributed by atoms with Crippen molar-refractivity contribution in [3.05, 3.63) is 56.2 Å². The number of ether oxygens (including phenoxy) is 1. The second-order valence-electron chi connectivity index (χ2n) is 12.1. The number of imidazole rings is 2. The summed E-state index contributed by atoms with van der Waals surface area (Å²) >= 11 is 0. The molecule has 218 valence electrons. The Balaban J connectivity index is 1.17. The Hall–Kier alpha value is -3.77. The van der Waals surface area contributed by atoms with Crippen LogP contribution in [0.3, 0.4) is 0 Å². The number of hydrogen-bond donors (Lipinski definition) is 1. The predicted octanol–water partition coefficient (Wildman–Crippen LogP) is 1.48. The molecule has 3 aromatic heterocycles. The lowest BCUT2D eigenvalue weighted by molar-refractivity contribution is -0.197. The highest BCUT2D eigenvalue weighted by molar-refractivity contribution is 5.82. The summed E-state index contributed by atoms with van der Waals surface area (Å²) < 4.78 is 12.4. The molecule has 2 saturated heterocycles. The van der Waals surface area contributed by atoms with E-state index in [0.717, 1.165) is 21.4 Å². The largest absolute Gasteiger partial charge is 0.388 e. The lowest BCUT2D eigenvalue weighted by atomic mass is 9.75. The second-order valence-corrected chi connectivity index (χ2v) is 12.1. The summed E-state index contributed by atoms with van der Waals surface area (Å²) in [4.78, 5) is 49.6. The van der Waals surface area contributed by atoms with Gasteiger partial charge >= 0.3 is 5.69 Å². The number of aliphatic hydroxyl groups is 1. The Morgan fingerprint density at radius 3 is 2.46 bits per heavy atom. The molecule has 0 bridgehead atoms. The van der Waals surface area contributed by atoms with Gasteiger partial charge in [-0.25, -0.2) is 14.8 Å². The first kappa shape index (κ1) is 27.4. The van der Waals surface area contributed by atoms with Crippen LogP contribution >= 0.6 is 0 Å². The van der Waals surface area contributed by atoms with Gasteiger partial charge in [0.05, 0.1) is 41.2 Å². The van der Waals surface area contributed by atoms with Crippen LogP contribution in [0.2, 0.25) is 0 Å². The van der Waals surface area contributed by atoms with E-state index in [9.17, 15) is 19.5 Å². The van der Waals surface area contributed by atoms with Gasteiger partial charge in [-0.3, -0.25) is 18.7 Å². The molecule has 2 aliphatic rings. The van der Waals surface area contributed by atoms with Crippen molar-refractivity contribution in [2.45, 2.75) is 70.7 Å². The predicted molar refractivity (Wildman–Crippen MR) is 153 cm³/mol. The number of aryl methyl sites for hydroxylation is 4. The van der Waals surface area contributed by atoms with Crippen molar-refractivity contribution in [2.75, 3.05) is 19.7 Å². The van der Waals surface area contributed by atoms with Crippen molar-refractivity contribution >= 4 is 28.1 Å². The van der Waals surface area contributed by atoms with Crippen LogP contribution < -0.4 is 11.2 Å². The van der Waals surface area contributed by atoms with Gasteiger partial charge in [-0.15, -0.1) is 0 Å². The highest BCUT2D eigenvalue weighted by Crippen LogP contribution is 2.44. The smallest absolute Gasteiger partial charge is 0.332 e. The number of nitrogens with zero attached hydrogens (tertiary/aromatic N) is 7. The monoisotopic (exact) mass is 563 g/mol. The summed E-state index contributed by atoms with van der Waals surface area (Å²) in [6.45, 7) is 9.27. The number of piperidine rings is 1. The lowest BCUT2D eigenvalue weighted by Gasteiger charge is -2.51. The maximum Gasteiger partial charge on any atom is 0.332 e. The Kier molecular flexibility index (Phi) is 6.27. The highest BCUT2D eigenvalue weighted by Gasteiger charge is 2.50. The minimum Gasteiger partial charge on any atom is -0.388 e. The third kappa shape index (κ3) is 4.31. The molecular formula is C29H37N7O5. The van der Waals surface area contributed by atoms with Gasteiger partial charge in [0, 0.05) is 33.6 Å². The molecule has 4 aromatic rings. The Morgan fingerprint density at radius 2 is 1.78 bits per heavy atom. The van der Waals surface area contributed by atoms with Crippen molar-refractivity contribution in [3.8, 4) is 0 Å². The van der Waals surface area contributed by atoms with Crippen LogP contribution in [-0.2, 0) is 30.2 Å². The standard InChI is InChI=1S/C29H37N7O5/c1-17-11-20-21(12-18(17)2)35(19(3)31-20)13-23(37)34-9-7-29(8-10-34)15-28(4,40)22(14-41-29)36-16-30-25-24(36)26(38)33(6)27(39)32(25)5/h11-12,16,22,40H,7-10,13-15H2,1-6H3/t22-,28-/m1/s1. The zero-order valence-corrected chi connectivity index (χ0v) is 24.5. The molecule has 1 amide bonds. The number of aromatic nitrogens is 6. The first-order valence-electron chi connectivity index (χ1n) is 14.0. The lowest BCUT2D eigenvalue weighted by Crippen LogP contribution is -2.58. The molecule has 12 heteroatoms. The van der Waals surface area contributed by atoms with Crippen LogP contribution in [0.25, 0.3) is 22.2 Å².